The van der Waals surface area contributed by atoms with Gasteiger partial charge in [0.25, 0.3) is 5.91 Å². The number of anilines is 2. The second-order valence-corrected chi connectivity index (χ2v) is 7.62. The summed E-state index contributed by atoms with van der Waals surface area (Å²) in [5.74, 6) is -0.272. The molecule has 0 spiro atoms. The first kappa shape index (κ1) is 23.0. The largest absolute Gasteiger partial charge is 0.462 e. The molecule has 4 rings (SSSR count). The van der Waals surface area contributed by atoms with Crippen molar-refractivity contribution < 1.29 is 19.1 Å². The average molecular weight is 457 g/mol. The van der Waals surface area contributed by atoms with Gasteiger partial charge in [-0.25, -0.2) is 9.78 Å². The number of esters is 1. The topological polar surface area (TPSA) is 105 Å². The fourth-order valence-electron chi connectivity index (χ4n) is 3.66. The Morgan fingerprint density at radius 3 is 2.62 bits per heavy atom. The van der Waals surface area contributed by atoms with Gasteiger partial charge < -0.3 is 19.7 Å². The molecule has 0 bridgehead atoms. The molecule has 0 atom stereocenters. The molecule has 1 aliphatic rings. The number of carbonyl (C=O) groups is 2. The van der Waals surface area contributed by atoms with E-state index in [9.17, 15) is 14.9 Å². The number of nitrogens with one attached hydrogen (secondary N) is 1. The van der Waals surface area contributed by atoms with Crippen LogP contribution in [0.25, 0.3) is 17.0 Å². The number of amides is 1. The van der Waals surface area contributed by atoms with Crippen LogP contribution in [0.4, 0.5) is 11.5 Å². The van der Waals surface area contributed by atoms with Gasteiger partial charge in [-0.1, -0.05) is 18.2 Å². The zero-order chi connectivity index (χ0) is 23.9. The number of pyridine rings is 1. The summed E-state index contributed by atoms with van der Waals surface area (Å²) < 4.78 is 10.4. The molecular formula is C26H24N4O4. The van der Waals surface area contributed by atoms with Gasteiger partial charge in [-0.15, -0.1) is 0 Å². The van der Waals surface area contributed by atoms with Gasteiger partial charge >= 0.3 is 5.97 Å². The maximum absolute atomic E-state index is 12.9. The Labute approximate surface area is 197 Å². The molecule has 8 nitrogen and oxygen atoms in total. The van der Waals surface area contributed by atoms with Crippen LogP contribution in [0.3, 0.4) is 0 Å². The number of nitriles is 1. The summed E-state index contributed by atoms with van der Waals surface area (Å²) in [6.07, 6.45) is 1.56. The summed E-state index contributed by atoms with van der Waals surface area (Å²) in [5, 5.41) is 13.4. The molecule has 0 radical (unpaired) electrons. The third-order valence-corrected chi connectivity index (χ3v) is 5.36. The molecule has 3 aromatic rings. The predicted molar refractivity (Wildman–Crippen MR) is 129 cm³/mol. The number of morpholine rings is 1. The molecule has 0 aliphatic carbocycles. The zero-order valence-electron chi connectivity index (χ0n) is 18.8. The van der Waals surface area contributed by atoms with Crippen LogP contribution in [0.15, 0.2) is 60.2 Å². The highest BCUT2D eigenvalue weighted by molar-refractivity contribution is 6.10. The molecule has 0 unspecified atom stereocenters. The van der Waals surface area contributed by atoms with Crippen LogP contribution in [-0.2, 0) is 14.3 Å². The van der Waals surface area contributed by atoms with E-state index in [1.54, 1.807) is 37.3 Å². The Balaban J connectivity index is 1.62. The first-order chi connectivity index (χ1) is 16.6. The first-order valence-electron chi connectivity index (χ1n) is 11.0. The lowest BCUT2D eigenvalue weighted by molar-refractivity contribution is -0.112. The van der Waals surface area contributed by atoms with Crippen molar-refractivity contribution >= 4 is 40.4 Å². The molecule has 34 heavy (non-hydrogen) atoms. The van der Waals surface area contributed by atoms with Crippen LogP contribution in [-0.4, -0.2) is 49.8 Å². The lowest BCUT2D eigenvalue weighted by Crippen LogP contribution is -2.37. The van der Waals surface area contributed by atoms with Crippen molar-refractivity contribution in [2.45, 2.75) is 6.92 Å². The second kappa shape index (κ2) is 10.6. The van der Waals surface area contributed by atoms with Crippen molar-refractivity contribution in [3.8, 4) is 6.07 Å². The van der Waals surface area contributed by atoms with Crippen LogP contribution in [0, 0.1) is 11.3 Å². The van der Waals surface area contributed by atoms with Crippen LogP contribution in [0.5, 0.6) is 0 Å². The highest BCUT2D eigenvalue weighted by Gasteiger charge is 2.18. The first-order valence-corrected chi connectivity index (χ1v) is 11.0. The lowest BCUT2D eigenvalue weighted by atomic mass is 10.1. The van der Waals surface area contributed by atoms with Crippen molar-refractivity contribution in [2.75, 3.05) is 43.1 Å². The molecule has 1 fully saturated rings. The number of carbonyl (C=O) groups excluding carboxylic acids is 2. The summed E-state index contributed by atoms with van der Waals surface area (Å²) in [4.78, 5) is 31.6. The molecule has 1 N–H and O–H groups in total. The fourth-order valence-corrected chi connectivity index (χ4v) is 3.66. The van der Waals surface area contributed by atoms with E-state index < -0.39 is 11.9 Å². The van der Waals surface area contributed by atoms with Gasteiger partial charge in [0.2, 0.25) is 0 Å². The van der Waals surface area contributed by atoms with Crippen molar-refractivity contribution in [2.24, 2.45) is 0 Å². The molecule has 1 aromatic heterocycles. The number of nitrogens with zero attached hydrogens (tertiary/aromatic N) is 3. The standard InChI is InChI=1S/C26H24N4O4/c1-2-34-26(32)18-7-9-22(10-8-18)28-25(31)21(17-27)16-20-15-19-5-3-4-6-23(19)29-24(20)30-11-13-33-14-12-30/h3-10,15-16H,2,11-14H2,1H3,(H,28,31). The van der Waals surface area contributed by atoms with Crippen LogP contribution < -0.4 is 10.2 Å². The molecule has 0 saturated carbocycles. The van der Waals surface area contributed by atoms with Gasteiger partial charge in [-0.3, -0.25) is 4.79 Å². The Bertz CT molecular complexity index is 1270. The van der Waals surface area contributed by atoms with Gasteiger partial charge in [0.1, 0.15) is 17.5 Å². The smallest absolute Gasteiger partial charge is 0.338 e. The van der Waals surface area contributed by atoms with E-state index in [1.165, 1.54) is 0 Å². The highest BCUT2D eigenvalue weighted by atomic mass is 16.5. The number of para-hydroxylation sites is 1. The van der Waals surface area contributed by atoms with Gasteiger partial charge in [0.15, 0.2) is 0 Å². The molecule has 2 aromatic carbocycles. The van der Waals surface area contributed by atoms with Crippen molar-refractivity contribution in [1.82, 2.24) is 4.98 Å². The van der Waals surface area contributed by atoms with E-state index in [2.05, 4.69) is 10.2 Å². The quantitative estimate of drug-likeness (QED) is 0.342. The fraction of sp³-hybridized carbons (Fsp3) is 0.231. The summed E-state index contributed by atoms with van der Waals surface area (Å²) in [6.45, 7) is 4.54. The normalized spacial score (nSPS) is 13.9. The number of hydrogen-bond donors (Lipinski definition) is 1. The number of rotatable bonds is 6. The predicted octanol–water partition coefficient (Wildman–Crippen LogP) is 3.79. The second-order valence-electron chi connectivity index (χ2n) is 7.62. The third kappa shape index (κ3) is 5.22. The van der Waals surface area contributed by atoms with E-state index in [0.29, 0.717) is 48.9 Å². The van der Waals surface area contributed by atoms with Gasteiger partial charge in [0.05, 0.1) is 30.9 Å². The third-order valence-electron chi connectivity index (χ3n) is 5.36. The monoisotopic (exact) mass is 456 g/mol. The van der Waals surface area contributed by atoms with Crippen LogP contribution >= 0.6 is 0 Å². The van der Waals surface area contributed by atoms with Crippen molar-refractivity contribution in [3.05, 3.63) is 71.3 Å². The van der Waals surface area contributed by atoms with Gasteiger partial charge in [0, 0.05) is 29.7 Å². The van der Waals surface area contributed by atoms with E-state index in [0.717, 1.165) is 10.9 Å². The molecule has 1 saturated heterocycles. The number of ether oxygens (including phenoxy) is 2. The van der Waals surface area contributed by atoms with Gasteiger partial charge in [-0.2, -0.15) is 5.26 Å². The highest BCUT2D eigenvalue weighted by Crippen LogP contribution is 2.27. The molecule has 172 valence electrons. The number of benzene rings is 2. The van der Waals surface area contributed by atoms with Crippen molar-refractivity contribution in [1.29, 1.82) is 5.26 Å². The minimum atomic E-state index is -0.549. The maximum atomic E-state index is 12.9. The summed E-state index contributed by atoms with van der Waals surface area (Å²) in [6, 6.07) is 18.0. The molecule has 1 aliphatic heterocycles. The summed E-state index contributed by atoms with van der Waals surface area (Å²) in [7, 11) is 0. The average Bonchev–Trinajstić information content (AvgIpc) is 2.87. The SMILES string of the molecule is CCOC(=O)c1ccc(NC(=O)C(C#N)=Cc2cc3ccccc3nc2N2CCOCC2)cc1. The van der Waals surface area contributed by atoms with Crippen molar-refractivity contribution in [3.63, 3.8) is 0 Å². The zero-order valence-corrected chi connectivity index (χ0v) is 18.8. The maximum Gasteiger partial charge on any atom is 0.338 e. The van der Waals surface area contributed by atoms with Crippen LogP contribution in [0.2, 0.25) is 0 Å². The number of fused-ring (bicyclic) bond motifs is 1. The Hall–Kier alpha value is -4.22. The van der Waals surface area contributed by atoms with E-state index in [-0.39, 0.29) is 12.2 Å². The van der Waals surface area contributed by atoms with E-state index in [4.69, 9.17) is 14.5 Å². The van der Waals surface area contributed by atoms with Crippen LogP contribution in [0.1, 0.15) is 22.8 Å². The van der Waals surface area contributed by atoms with Gasteiger partial charge in [-0.05, 0) is 49.4 Å². The molecule has 1 amide bonds. The summed E-state index contributed by atoms with van der Waals surface area (Å²) >= 11 is 0. The van der Waals surface area contributed by atoms with E-state index in [1.807, 2.05) is 36.4 Å². The minimum absolute atomic E-state index is 0.0546. The molecule has 2 heterocycles. The van der Waals surface area contributed by atoms with E-state index >= 15 is 0 Å². The Morgan fingerprint density at radius 1 is 1.18 bits per heavy atom. The molecular weight excluding hydrogens is 432 g/mol. The molecule has 8 heteroatoms. The number of aromatic nitrogens is 1. The Kier molecular flexibility index (Phi) is 7.16. The minimum Gasteiger partial charge on any atom is -0.462 e. The number of hydrogen-bond acceptors (Lipinski definition) is 7. The summed E-state index contributed by atoms with van der Waals surface area (Å²) in [5.41, 5.74) is 2.31. The Morgan fingerprint density at radius 2 is 1.91 bits per heavy atom. The lowest BCUT2D eigenvalue weighted by Gasteiger charge is -2.29.